The van der Waals surface area contributed by atoms with Gasteiger partial charge in [-0.05, 0) is 23.5 Å². The Balaban J connectivity index is 1.88. The van der Waals surface area contributed by atoms with E-state index in [-0.39, 0.29) is 5.41 Å². The zero-order valence-electron chi connectivity index (χ0n) is 12.3. The Morgan fingerprint density at radius 1 is 1.32 bits per heavy atom. The van der Waals surface area contributed by atoms with E-state index in [9.17, 15) is 0 Å². The molecule has 1 aromatic rings. The van der Waals surface area contributed by atoms with Gasteiger partial charge in [0.15, 0.2) is 0 Å². The molecule has 2 N–H and O–H groups in total. The number of hydrogen-bond donors (Lipinski definition) is 2. The third-order valence-corrected chi connectivity index (χ3v) is 3.54. The van der Waals surface area contributed by atoms with E-state index in [2.05, 4.69) is 55.7 Å². The lowest BCUT2D eigenvalue weighted by molar-refractivity contribution is 0.0753. The lowest BCUT2D eigenvalue weighted by Gasteiger charge is -2.26. The van der Waals surface area contributed by atoms with Crippen LogP contribution in [0.2, 0.25) is 0 Å². The van der Waals surface area contributed by atoms with Gasteiger partial charge in [0.2, 0.25) is 0 Å². The average molecular weight is 262 g/mol. The van der Waals surface area contributed by atoms with Crippen LogP contribution in [0.15, 0.2) is 24.3 Å². The van der Waals surface area contributed by atoms with Gasteiger partial charge in [-0.1, -0.05) is 39.0 Å². The highest BCUT2D eigenvalue weighted by atomic mass is 16.5. The molecule has 3 heteroatoms. The van der Waals surface area contributed by atoms with E-state index in [0.717, 1.165) is 32.7 Å². The molecule has 0 aliphatic carbocycles. The number of rotatable bonds is 4. The summed E-state index contributed by atoms with van der Waals surface area (Å²) in [5, 5.41) is 7.06. The smallest absolute Gasteiger partial charge is 0.0620 e. The SMILES string of the molecule is CC(C)(C)c1ccccc1NCCC1COCCN1. The van der Waals surface area contributed by atoms with E-state index in [1.165, 1.54) is 11.3 Å². The van der Waals surface area contributed by atoms with E-state index in [0.29, 0.717) is 6.04 Å². The molecule has 19 heavy (non-hydrogen) atoms. The first-order chi connectivity index (χ1) is 9.07. The summed E-state index contributed by atoms with van der Waals surface area (Å²) in [6.07, 6.45) is 1.10. The molecule has 2 rings (SSSR count). The van der Waals surface area contributed by atoms with Crippen molar-refractivity contribution < 1.29 is 4.74 Å². The molecule has 1 aromatic carbocycles. The van der Waals surface area contributed by atoms with Gasteiger partial charge in [0.25, 0.3) is 0 Å². The molecular weight excluding hydrogens is 236 g/mol. The second-order valence-electron chi connectivity index (χ2n) is 6.24. The molecule has 0 aromatic heterocycles. The van der Waals surface area contributed by atoms with Crippen LogP contribution in [-0.2, 0) is 10.2 Å². The van der Waals surface area contributed by atoms with Gasteiger partial charge in [-0.3, -0.25) is 0 Å². The molecule has 1 atom stereocenters. The Bertz CT molecular complexity index is 392. The molecular formula is C16H26N2O. The average Bonchev–Trinajstić information content (AvgIpc) is 2.39. The lowest BCUT2D eigenvalue weighted by Crippen LogP contribution is -2.42. The maximum atomic E-state index is 5.47. The predicted octanol–water partition coefficient (Wildman–Crippen LogP) is 2.77. The third-order valence-electron chi connectivity index (χ3n) is 3.54. The number of nitrogens with one attached hydrogen (secondary N) is 2. The Labute approximate surface area is 116 Å². The minimum atomic E-state index is 0.176. The van der Waals surface area contributed by atoms with Crippen LogP contribution in [0.4, 0.5) is 5.69 Å². The first kappa shape index (κ1) is 14.4. The van der Waals surface area contributed by atoms with Gasteiger partial charge in [0.05, 0.1) is 13.2 Å². The minimum Gasteiger partial charge on any atom is -0.385 e. The van der Waals surface area contributed by atoms with E-state index >= 15 is 0 Å². The van der Waals surface area contributed by atoms with Crippen LogP contribution in [0.1, 0.15) is 32.8 Å². The van der Waals surface area contributed by atoms with Crippen LogP contribution in [0.3, 0.4) is 0 Å². The van der Waals surface area contributed by atoms with Crippen molar-refractivity contribution in [2.45, 2.75) is 38.6 Å². The molecule has 1 heterocycles. The molecule has 1 unspecified atom stereocenters. The first-order valence-electron chi connectivity index (χ1n) is 7.22. The number of anilines is 1. The highest BCUT2D eigenvalue weighted by Crippen LogP contribution is 2.29. The van der Waals surface area contributed by atoms with Crippen molar-refractivity contribution in [1.29, 1.82) is 0 Å². The van der Waals surface area contributed by atoms with Crippen molar-refractivity contribution >= 4 is 5.69 Å². The van der Waals surface area contributed by atoms with Crippen molar-refractivity contribution in [2.75, 3.05) is 31.6 Å². The largest absolute Gasteiger partial charge is 0.385 e. The maximum Gasteiger partial charge on any atom is 0.0620 e. The Hall–Kier alpha value is -1.06. The molecule has 0 saturated carbocycles. The standard InChI is InChI=1S/C16H26N2O/c1-16(2,3)14-6-4-5-7-15(14)18-9-8-13-12-19-11-10-17-13/h4-7,13,17-18H,8-12H2,1-3H3. The van der Waals surface area contributed by atoms with Crippen molar-refractivity contribution in [3.05, 3.63) is 29.8 Å². The number of hydrogen-bond acceptors (Lipinski definition) is 3. The molecule has 1 fully saturated rings. The first-order valence-corrected chi connectivity index (χ1v) is 7.22. The minimum absolute atomic E-state index is 0.176. The normalized spacial score (nSPS) is 20.3. The molecule has 0 bridgehead atoms. The second-order valence-corrected chi connectivity index (χ2v) is 6.24. The number of morpholine rings is 1. The molecule has 1 saturated heterocycles. The fraction of sp³-hybridized carbons (Fsp3) is 0.625. The van der Waals surface area contributed by atoms with E-state index in [4.69, 9.17) is 4.74 Å². The Morgan fingerprint density at radius 3 is 2.79 bits per heavy atom. The fourth-order valence-corrected chi connectivity index (χ4v) is 2.48. The predicted molar refractivity (Wildman–Crippen MR) is 80.9 cm³/mol. The zero-order valence-corrected chi connectivity index (χ0v) is 12.3. The molecule has 1 aliphatic rings. The summed E-state index contributed by atoms with van der Waals surface area (Å²) in [5.74, 6) is 0. The Kier molecular flexibility index (Phi) is 4.83. The molecule has 1 aliphatic heterocycles. The highest BCUT2D eigenvalue weighted by molar-refractivity contribution is 5.54. The van der Waals surface area contributed by atoms with Crippen LogP contribution < -0.4 is 10.6 Å². The van der Waals surface area contributed by atoms with Gasteiger partial charge in [-0.25, -0.2) is 0 Å². The quantitative estimate of drug-likeness (QED) is 0.875. The van der Waals surface area contributed by atoms with Crippen LogP contribution in [0, 0.1) is 0 Å². The maximum absolute atomic E-state index is 5.47. The van der Waals surface area contributed by atoms with Gasteiger partial charge < -0.3 is 15.4 Å². The van der Waals surface area contributed by atoms with Gasteiger partial charge in [-0.15, -0.1) is 0 Å². The number of ether oxygens (including phenoxy) is 1. The van der Waals surface area contributed by atoms with Crippen LogP contribution in [-0.4, -0.2) is 32.3 Å². The van der Waals surface area contributed by atoms with Gasteiger partial charge in [0, 0.05) is 24.8 Å². The van der Waals surface area contributed by atoms with E-state index < -0.39 is 0 Å². The number of para-hydroxylation sites is 1. The second kappa shape index (κ2) is 6.40. The van der Waals surface area contributed by atoms with Crippen molar-refractivity contribution in [2.24, 2.45) is 0 Å². The summed E-state index contributed by atoms with van der Waals surface area (Å²) in [6.45, 7) is 10.4. The van der Waals surface area contributed by atoms with Crippen LogP contribution >= 0.6 is 0 Å². The summed E-state index contributed by atoms with van der Waals surface area (Å²) in [4.78, 5) is 0. The van der Waals surface area contributed by atoms with E-state index in [1.807, 2.05) is 0 Å². The number of benzene rings is 1. The molecule has 0 amide bonds. The summed E-state index contributed by atoms with van der Waals surface area (Å²) < 4.78 is 5.47. The van der Waals surface area contributed by atoms with Crippen molar-refractivity contribution in [1.82, 2.24) is 5.32 Å². The lowest BCUT2D eigenvalue weighted by atomic mass is 9.86. The highest BCUT2D eigenvalue weighted by Gasteiger charge is 2.17. The fourth-order valence-electron chi connectivity index (χ4n) is 2.48. The Morgan fingerprint density at radius 2 is 2.11 bits per heavy atom. The molecule has 0 spiro atoms. The molecule has 3 nitrogen and oxygen atoms in total. The topological polar surface area (TPSA) is 33.3 Å². The third kappa shape index (κ3) is 4.22. The molecule has 0 radical (unpaired) electrons. The van der Waals surface area contributed by atoms with E-state index in [1.54, 1.807) is 0 Å². The summed E-state index contributed by atoms with van der Waals surface area (Å²) in [7, 11) is 0. The van der Waals surface area contributed by atoms with Gasteiger partial charge >= 0.3 is 0 Å². The van der Waals surface area contributed by atoms with Crippen molar-refractivity contribution in [3.63, 3.8) is 0 Å². The van der Waals surface area contributed by atoms with Gasteiger partial charge in [0.1, 0.15) is 0 Å². The van der Waals surface area contributed by atoms with Gasteiger partial charge in [-0.2, -0.15) is 0 Å². The summed E-state index contributed by atoms with van der Waals surface area (Å²) in [6, 6.07) is 9.08. The van der Waals surface area contributed by atoms with Crippen LogP contribution in [0.5, 0.6) is 0 Å². The molecule has 106 valence electrons. The monoisotopic (exact) mass is 262 g/mol. The summed E-state index contributed by atoms with van der Waals surface area (Å²) >= 11 is 0. The zero-order chi connectivity index (χ0) is 13.7. The summed E-state index contributed by atoms with van der Waals surface area (Å²) in [5.41, 5.74) is 2.81. The van der Waals surface area contributed by atoms with Crippen LogP contribution in [0.25, 0.3) is 0 Å². The van der Waals surface area contributed by atoms with Crippen molar-refractivity contribution in [3.8, 4) is 0 Å².